The maximum Gasteiger partial charge on any atom is 0.252 e. The molecule has 2 rings (SSSR count). The van der Waals surface area contributed by atoms with E-state index in [0.717, 1.165) is 10.7 Å². The van der Waals surface area contributed by atoms with Gasteiger partial charge >= 0.3 is 0 Å². The molecule has 1 heterocycles. The molecule has 100 valence electrons. The van der Waals surface area contributed by atoms with Crippen LogP contribution < -0.4 is 5.32 Å². The van der Waals surface area contributed by atoms with Crippen LogP contribution in [0.4, 0.5) is 0 Å². The molecule has 1 aromatic heterocycles. The van der Waals surface area contributed by atoms with E-state index < -0.39 is 0 Å². The molecule has 0 saturated carbocycles. The van der Waals surface area contributed by atoms with E-state index in [4.69, 9.17) is 11.6 Å². The van der Waals surface area contributed by atoms with Crippen LogP contribution in [0.15, 0.2) is 23.6 Å². The van der Waals surface area contributed by atoms with Gasteiger partial charge < -0.3 is 10.4 Å². The normalized spacial score (nSPS) is 10.4. The Morgan fingerprint density at radius 2 is 2.32 bits per heavy atom. The predicted molar refractivity (Wildman–Crippen MR) is 76.0 cm³/mol. The number of hydrogen-bond donors (Lipinski definition) is 2. The third-order valence-electron chi connectivity index (χ3n) is 2.49. The molecule has 0 fully saturated rings. The summed E-state index contributed by atoms with van der Waals surface area (Å²) >= 11 is 7.48. The minimum atomic E-state index is -0.297. The molecule has 0 aliphatic rings. The summed E-state index contributed by atoms with van der Waals surface area (Å²) in [7, 11) is 0. The van der Waals surface area contributed by atoms with Crippen LogP contribution in [0.3, 0.4) is 0 Å². The minimum absolute atomic E-state index is 0.0186. The maximum atomic E-state index is 11.9. The number of phenolic OH excluding ortho intramolecular Hbond substituents is 1. The summed E-state index contributed by atoms with van der Waals surface area (Å²) in [6.45, 7) is 2.42. The summed E-state index contributed by atoms with van der Waals surface area (Å²) in [5, 5.41) is 15.4. The summed E-state index contributed by atoms with van der Waals surface area (Å²) < 4.78 is 0. The van der Waals surface area contributed by atoms with E-state index in [2.05, 4.69) is 10.3 Å². The molecule has 19 heavy (non-hydrogen) atoms. The van der Waals surface area contributed by atoms with Gasteiger partial charge in [0, 0.05) is 24.0 Å². The number of nitrogens with zero attached hydrogens (tertiary/aromatic N) is 1. The van der Waals surface area contributed by atoms with Crippen molar-refractivity contribution in [1.29, 1.82) is 0 Å². The number of rotatable bonds is 4. The monoisotopic (exact) mass is 296 g/mol. The Kier molecular flexibility index (Phi) is 4.39. The molecule has 0 saturated heterocycles. The number of nitrogens with one attached hydrogen (secondary N) is 1. The van der Waals surface area contributed by atoms with Crippen molar-refractivity contribution in [2.24, 2.45) is 0 Å². The quantitative estimate of drug-likeness (QED) is 0.912. The van der Waals surface area contributed by atoms with Crippen LogP contribution in [0.5, 0.6) is 5.75 Å². The Hall–Kier alpha value is -1.59. The lowest BCUT2D eigenvalue weighted by atomic mass is 10.2. The number of amides is 1. The molecule has 6 heteroatoms. The van der Waals surface area contributed by atoms with Crippen molar-refractivity contribution in [3.8, 4) is 5.75 Å². The smallest absolute Gasteiger partial charge is 0.252 e. The average molecular weight is 297 g/mol. The fourth-order valence-electron chi connectivity index (χ4n) is 1.58. The Balaban J connectivity index is 1.92. The summed E-state index contributed by atoms with van der Waals surface area (Å²) in [5.41, 5.74) is 1.26. The number of benzene rings is 1. The van der Waals surface area contributed by atoms with Crippen molar-refractivity contribution < 1.29 is 9.90 Å². The van der Waals surface area contributed by atoms with Crippen LogP contribution in [0, 0.1) is 6.92 Å². The first-order valence-corrected chi connectivity index (χ1v) is 7.00. The Morgan fingerprint density at radius 1 is 1.53 bits per heavy atom. The van der Waals surface area contributed by atoms with Gasteiger partial charge in [0.15, 0.2) is 0 Å². The van der Waals surface area contributed by atoms with Gasteiger partial charge in [-0.3, -0.25) is 4.79 Å². The third-order valence-corrected chi connectivity index (χ3v) is 3.84. The first-order valence-electron chi connectivity index (χ1n) is 5.74. The average Bonchev–Trinajstić information content (AvgIpc) is 2.78. The second-order valence-corrected chi connectivity index (χ2v) is 5.40. The van der Waals surface area contributed by atoms with Crippen LogP contribution in [-0.2, 0) is 6.42 Å². The Morgan fingerprint density at radius 3 is 3.00 bits per heavy atom. The molecule has 0 aliphatic heterocycles. The van der Waals surface area contributed by atoms with E-state index in [0.29, 0.717) is 18.0 Å². The fourth-order valence-corrected chi connectivity index (χ4v) is 2.56. The van der Waals surface area contributed by atoms with E-state index in [-0.39, 0.29) is 17.2 Å². The van der Waals surface area contributed by atoms with E-state index in [1.165, 1.54) is 18.2 Å². The predicted octanol–water partition coefficient (Wildman–Crippen LogP) is 2.78. The molecular weight excluding hydrogens is 284 g/mol. The zero-order valence-corrected chi connectivity index (χ0v) is 11.9. The molecule has 0 atom stereocenters. The van der Waals surface area contributed by atoms with Crippen LogP contribution >= 0.6 is 22.9 Å². The fraction of sp³-hybridized carbons (Fsp3) is 0.231. The highest BCUT2D eigenvalue weighted by Gasteiger charge is 2.11. The first-order chi connectivity index (χ1) is 9.06. The number of halogens is 1. The van der Waals surface area contributed by atoms with Gasteiger partial charge in [-0.25, -0.2) is 4.98 Å². The van der Waals surface area contributed by atoms with E-state index >= 15 is 0 Å². The summed E-state index contributed by atoms with van der Waals surface area (Å²) in [6.07, 6.45) is 0.681. The molecule has 0 unspecified atom stereocenters. The number of carbonyl (C=O) groups is 1. The Labute approximate surface area is 120 Å². The third kappa shape index (κ3) is 3.68. The number of phenols is 1. The van der Waals surface area contributed by atoms with Gasteiger partial charge in [0.2, 0.25) is 0 Å². The first kappa shape index (κ1) is 13.8. The molecule has 2 N–H and O–H groups in total. The van der Waals surface area contributed by atoms with Gasteiger partial charge in [-0.2, -0.15) is 0 Å². The SMILES string of the molecule is Cc1csc(CCNC(=O)c2cc(O)ccc2Cl)n1. The summed E-state index contributed by atoms with van der Waals surface area (Å²) in [4.78, 5) is 16.2. The lowest BCUT2D eigenvalue weighted by Crippen LogP contribution is -2.25. The number of aromatic hydroxyl groups is 1. The Bertz CT molecular complexity index is 598. The second-order valence-electron chi connectivity index (χ2n) is 4.05. The molecule has 1 aromatic carbocycles. The van der Waals surface area contributed by atoms with Gasteiger partial charge in [0.05, 0.1) is 15.6 Å². The number of thiazole rings is 1. The van der Waals surface area contributed by atoms with Crippen LogP contribution in [-0.4, -0.2) is 22.5 Å². The molecule has 1 amide bonds. The van der Waals surface area contributed by atoms with Gasteiger partial charge in [-0.1, -0.05) is 11.6 Å². The minimum Gasteiger partial charge on any atom is -0.508 e. The van der Waals surface area contributed by atoms with Crippen molar-refractivity contribution in [3.05, 3.63) is 44.9 Å². The zero-order chi connectivity index (χ0) is 13.8. The van der Waals surface area contributed by atoms with Gasteiger partial charge in [-0.15, -0.1) is 11.3 Å². The van der Waals surface area contributed by atoms with Crippen molar-refractivity contribution >= 4 is 28.8 Å². The van der Waals surface area contributed by atoms with Crippen LogP contribution in [0.1, 0.15) is 21.1 Å². The summed E-state index contributed by atoms with van der Waals surface area (Å²) in [5.74, 6) is -0.278. The van der Waals surface area contributed by atoms with Crippen molar-refractivity contribution in [1.82, 2.24) is 10.3 Å². The molecule has 0 bridgehead atoms. The second kappa shape index (κ2) is 6.04. The maximum absolute atomic E-state index is 11.9. The molecule has 4 nitrogen and oxygen atoms in total. The van der Waals surface area contributed by atoms with E-state index in [9.17, 15) is 9.90 Å². The van der Waals surface area contributed by atoms with Crippen LogP contribution in [0.25, 0.3) is 0 Å². The topological polar surface area (TPSA) is 62.2 Å². The molecule has 0 radical (unpaired) electrons. The lowest BCUT2D eigenvalue weighted by Gasteiger charge is -2.06. The largest absolute Gasteiger partial charge is 0.508 e. The highest BCUT2D eigenvalue weighted by Crippen LogP contribution is 2.20. The summed E-state index contributed by atoms with van der Waals surface area (Å²) in [6, 6.07) is 4.29. The van der Waals surface area contributed by atoms with Crippen LogP contribution in [0.2, 0.25) is 5.02 Å². The highest BCUT2D eigenvalue weighted by molar-refractivity contribution is 7.09. The highest BCUT2D eigenvalue weighted by atomic mass is 35.5. The standard InChI is InChI=1S/C13H13ClN2O2S/c1-8-7-19-12(16-8)4-5-15-13(18)10-6-9(17)2-3-11(10)14/h2-3,6-7,17H,4-5H2,1H3,(H,15,18). The molecule has 0 spiro atoms. The number of carbonyl (C=O) groups excluding carboxylic acids is 1. The number of hydrogen-bond acceptors (Lipinski definition) is 4. The zero-order valence-electron chi connectivity index (χ0n) is 10.3. The van der Waals surface area contributed by atoms with Gasteiger partial charge in [0.25, 0.3) is 5.91 Å². The van der Waals surface area contributed by atoms with E-state index in [1.807, 2.05) is 12.3 Å². The molecule has 0 aliphatic carbocycles. The van der Waals surface area contributed by atoms with Crippen molar-refractivity contribution in [2.75, 3.05) is 6.54 Å². The molecular formula is C13H13ClN2O2S. The number of aryl methyl sites for hydroxylation is 1. The van der Waals surface area contributed by atoms with Gasteiger partial charge in [0.1, 0.15) is 5.75 Å². The lowest BCUT2D eigenvalue weighted by molar-refractivity contribution is 0.0954. The number of aromatic nitrogens is 1. The molecule has 2 aromatic rings. The van der Waals surface area contributed by atoms with E-state index in [1.54, 1.807) is 11.3 Å². The van der Waals surface area contributed by atoms with Crippen molar-refractivity contribution in [3.63, 3.8) is 0 Å². The van der Waals surface area contributed by atoms with Crippen molar-refractivity contribution in [2.45, 2.75) is 13.3 Å². The van der Waals surface area contributed by atoms with Gasteiger partial charge in [-0.05, 0) is 25.1 Å².